The van der Waals surface area contributed by atoms with Gasteiger partial charge in [-0.15, -0.1) is 0 Å². The van der Waals surface area contributed by atoms with Crippen molar-refractivity contribution in [3.05, 3.63) is 0 Å². The molecule has 3 N–H and O–H groups in total. The van der Waals surface area contributed by atoms with Crippen molar-refractivity contribution in [2.24, 2.45) is 23.6 Å². The van der Waals surface area contributed by atoms with Crippen molar-refractivity contribution in [1.82, 2.24) is 5.43 Å². The van der Waals surface area contributed by atoms with Crippen molar-refractivity contribution in [3.8, 4) is 0 Å². The number of nitrogens with one attached hydrogen (secondary N) is 1. The molecule has 3 aliphatic rings. The van der Waals surface area contributed by atoms with Gasteiger partial charge in [0.15, 0.2) is 0 Å². The van der Waals surface area contributed by atoms with E-state index in [4.69, 9.17) is 10.6 Å². The Bertz CT molecular complexity index is 265. The Labute approximate surface area is 111 Å². The average Bonchev–Trinajstić information content (AvgIpc) is 3.11. The molecule has 5 unspecified atom stereocenters. The summed E-state index contributed by atoms with van der Waals surface area (Å²) in [7, 11) is 0. The van der Waals surface area contributed by atoms with Crippen LogP contribution in [0.5, 0.6) is 0 Å². The van der Waals surface area contributed by atoms with Gasteiger partial charge in [0.2, 0.25) is 0 Å². The monoisotopic (exact) mass is 252 g/mol. The minimum Gasteiger partial charge on any atom is -0.378 e. The molecule has 3 fully saturated rings. The summed E-state index contributed by atoms with van der Waals surface area (Å²) in [5, 5.41) is 0. The first kappa shape index (κ1) is 12.9. The lowest BCUT2D eigenvalue weighted by molar-refractivity contribution is 0.0996. The zero-order valence-corrected chi connectivity index (χ0v) is 11.4. The number of hydrazine groups is 1. The molecule has 104 valence electrons. The summed E-state index contributed by atoms with van der Waals surface area (Å²) in [5.41, 5.74) is 3.11. The molecule has 0 aromatic rings. The first-order valence-corrected chi connectivity index (χ1v) is 7.94. The Morgan fingerprint density at radius 3 is 2.78 bits per heavy atom. The Balaban J connectivity index is 1.41. The molecular formula is C15H28N2O. The fourth-order valence-electron chi connectivity index (χ4n) is 4.65. The van der Waals surface area contributed by atoms with Crippen LogP contribution in [-0.2, 0) is 4.74 Å². The van der Waals surface area contributed by atoms with Crippen LogP contribution in [0.3, 0.4) is 0 Å². The largest absolute Gasteiger partial charge is 0.378 e. The molecule has 1 heterocycles. The molecule has 0 amide bonds. The van der Waals surface area contributed by atoms with Crippen LogP contribution in [0.15, 0.2) is 0 Å². The van der Waals surface area contributed by atoms with E-state index in [1.54, 1.807) is 0 Å². The van der Waals surface area contributed by atoms with Gasteiger partial charge in [-0.05, 0) is 69.1 Å². The lowest BCUT2D eigenvalue weighted by Crippen LogP contribution is -2.42. The van der Waals surface area contributed by atoms with Crippen molar-refractivity contribution >= 4 is 0 Å². The van der Waals surface area contributed by atoms with Crippen LogP contribution in [0.2, 0.25) is 0 Å². The first-order valence-electron chi connectivity index (χ1n) is 7.94. The van der Waals surface area contributed by atoms with E-state index in [0.29, 0.717) is 12.1 Å². The van der Waals surface area contributed by atoms with Gasteiger partial charge in [-0.2, -0.15) is 0 Å². The van der Waals surface area contributed by atoms with Gasteiger partial charge >= 0.3 is 0 Å². The quantitative estimate of drug-likeness (QED) is 0.564. The molecule has 0 radical (unpaired) electrons. The summed E-state index contributed by atoms with van der Waals surface area (Å²) in [6, 6.07) is 0.557. The minimum atomic E-state index is 0.545. The highest BCUT2D eigenvalue weighted by molar-refractivity contribution is 4.94. The molecule has 3 nitrogen and oxygen atoms in total. The molecule has 18 heavy (non-hydrogen) atoms. The van der Waals surface area contributed by atoms with Crippen molar-refractivity contribution in [2.75, 3.05) is 6.61 Å². The number of fused-ring (bicyclic) bond motifs is 2. The summed E-state index contributed by atoms with van der Waals surface area (Å²) >= 11 is 0. The second-order valence-electron chi connectivity index (χ2n) is 6.68. The third kappa shape index (κ3) is 2.73. The Hall–Kier alpha value is -0.120. The zero-order chi connectivity index (χ0) is 12.4. The second-order valence-corrected chi connectivity index (χ2v) is 6.68. The van der Waals surface area contributed by atoms with Gasteiger partial charge in [0, 0.05) is 12.6 Å². The molecule has 0 spiro atoms. The van der Waals surface area contributed by atoms with Crippen LogP contribution in [0.1, 0.15) is 57.8 Å². The maximum absolute atomic E-state index is 5.80. The van der Waals surface area contributed by atoms with Gasteiger partial charge in [0.25, 0.3) is 0 Å². The number of nitrogens with two attached hydrogens (primary N) is 1. The summed E-state index contributed by atoms with van der Waals surface area (Å²) in [6.45, 7) is 0.982. The van der Waals surface area contributed by atoms with Gasteiger partial charge in [0.1, 0.15) is 0 Å². The van der Waals surface area contributed by atoms with Crippen LogP contribution >= 0.6 is 0 Å². The zero-order valence-electron chi connectivity index (χ0n) is 11.4. The topological polar surface area (TPSA) is 47.3 Å². The molecule has 2 aliphatic carbocycles. The number of hydrogen-bond donors (Lipinski definition) is 2. The van der Waals surface area contributed by atoms with Gasteiger partial charge in [-0.3, -0.25) is 11.3 Å². The SMILES string of the molecule is NNC(CCCC1CCCO1)C1CC2CCC1C2. The second kappa shape index (κ2) is 5.89. The molecule has 0 aromatic carbocycles. The van der Waals surface area contributed by atoms with Crippen molar-refractivity contribution < 1.29 is 4.74 Å². The van der Waals surface area contributed by atoms with E-state index in [1.165, 1.54) is 57.8 Å². The van der Waals surface area contributed by atoms with Crippen molar-refractivity contribution in [3.63, 3.8) is 0 Å². The normalized spacial score (nSPS) is 40.5. The molecular weight excluding hydrogens is 224 g/mol. The highest BCUT2D eigenvalue weighted by Crippen LogP contribution is 2.50. The maximum Gasteiger partial charge on any atom is 0.0576 e. The van der Waals surface area contributed by atoms with Crippen molar-refractivity contribution in [1.29, 1.82) is 0 Å². The Morgan fingerprint density at radius 1 is 1.22 bits per heavy atom. The Morgan fingerprint density at radius 2 is 2.17 bits per heavy atom. The fraction of sp³-hybridized carbons (Fsp3) is 1.00. The fourth-order valence-corrected chi connectivity index (χ4v) is 4.65. The lowest BCUT2D eigenvalue weighted by atomic mass is 9.81. The van der Waals surface area contributed by atoms with Crippen LogP contribution < -0.4 is 11.3 Å². The summed E-state index contributed by atoms with van der Waals surface area (Å²) < 4.78 is 5.69. The number of hydrogen-bond acceptors (Lipinski definition) is 3. The molecule has 2 bridgehead atoms. The van der Waals surface area contributed by atoms with Gasteiger partial charge < -0.3 is 4.74 Å². The predicted octanol–water partition coefficient (Wildman–Crippen LogP) is 2.60. The Kier molecular flexibility index (Phi) is 4.22. The van der Waals surface area contributed by atoms with E-state index in [9.17, 15) is 0 Å². The highest BCUT2D eigenvalue weighted by Gasteiger charge is 2.42. The van der Waals surface area contributed by atoms with Gasteiger partial charge in [-0.1, -0.05) is 6.42 Å². The number of ether oxygens (including phenoxy) is 1. The van der Waals surface area contributed by atoms with Crippen LogP contribution in [0.25, 0.3) is 0 Å². The van der Waals surface area contributed by atoms with Gasteiger partial charge in [-0.25, -0.2) is 0 Å². The molecule has 3 heteroatoms. The van der Waals surface area contributed by atoms with E-state index in [-0.39, 0.29) is 0 Å². The maximum atomic E-state index is 5.80. The highest BCUT2D eigenvalue weighted by atomic mass is 16.5. The molecule has 0 aromatic heterocycles. The first-order chi connectivity index (χ1) is 8.86. The summed E-state index contributed by atoms with van der Waals surface area (Å²) in [6.07, 6.45) is 12.7. The van der Waals surface area contributed by atoms with E-state index in [0.717, 1.165) is 24.4 Å². The third-order valence-electron chi connectivity index (χ3n) is 5.59. The predicted molar refractivity (Wildman–Crippen MR) is 72.9 cm³/mol. The summed E-state index contributed by atoms with van der Waals surface area (Å²) in [5.74, 6) is 8.65. The third-order valence-corrected chi connectivity index (χ3v) is 5.59. The standard InChI is InChI=1S/C15H28N2O/c16-17-15(5-1-3-13-4-2-8-18-13)14-10-11-6-7-12(14)9-11/h11-15,17H,1-10,16H2. The van der Waals surface area contributed by atoms with Crippen LogP contribution in [0.4, 0.5) is 0 Å². The van der Waals surface area contributed by atoms with E-state index < -0.39 is 0 Å². The smallest absolute Gasteiger partial charge is 0.0576 e. The number of rotatable bonds is 6. The molecule has 1 aliphatic heterocycles. The van der Waals surface area contributed by atoms with Gasteiger partial charge in [0.05, 0.1) is 6.10 Å². The minimum absolute atomic E-state index is 0.545. The summed E-state index contributed by atoms with van der Waals surface area (Å²) in [4.78, 5) is 0. The van der Waals surface area contributed by atoms with E-state index in [1.807, 2.05) is 0 Å². The van der Waals surface area contributed by atoms with E-state index >= 15 is 0 Å². The molecule has 2 saturated carbocycles. The van der Waals surface area contributed by atoms with Crippen LogP contribution in [0, 0.1) is 17.8 Å². The molecule has 3 rings (SSSR count). The van der Waals surface area contributed by atoms with E-state index in [2.05, 4.69) is 5.43 Å². The van der Waals surface area contributed by atoms with Crippen LogP contribution in [-0.4, -0.2) is 18.8 Å². The van der Waals surface area contributed by atoms with Crippen molar-refractivity contribution in [2.45, 2.75) is 69.9 Å². The molecule has 1 saturated heterocycles. The molecule has 5 atom stereocenters. The lowest BCUT2D eigenvalue weighted by Gasteiger charge is -2.30. The average molecular weight is 252 g/mol.